The number of carbonyl (C=O) groups is 1. The van der Waals surface area contributed by atoms with E-state index in [0.717, 1.165) is 21.3 Å². The van der Waals surface area contributed by atoms with Crippen molar-refractivity contribution in [3.8, 4) is 0 Å². The van der Waals surface area contributed by atoms with Crippen LogP contribution in [0.25, 0.3) is 0 Å². The summed E-state index contributed by atoms with van der Waals surface area (Å²) >= 11 is 3.76. The quantitative estimate of drug-likeness (QED) is 0.809. The lowest BCUT2D eigenvalue weighted by Crippen LogP contribution is -2.32. The monoisotopic (exact) mass is 339 g/mol. The molecule has 1 amide bonds. The summed E-state index contributed by atoms with van der Waals surface area (Å²) in [5.41, 5.74) is 0.722. The minimum atomic E-state index is -0.0281. The molecule has 15 heavy (non-hydrogen) atoms. The standard InChI is InChI=1S/C10H14INO2S/c1-7(3-2-4-13)12-10(14)8-5-9(11)15-6-8/h5-7,13H,2-4H2,1H3,(H,12,14). The van der Waals surface area contributed by atoms with Gasteiger partial charge in [0.1, 0.15) is 0 Å². The molecule has 84 valence electrons. The maximum atomic E-state index is 11.7. The van der Waals surface area contributed by atoms with Crippen molar-refractivity contribution in [2.45, 2.75) is 25.8 Å². The highest BCUT2D eigenvalue weighted by atomic mass is 127. The molecule has 3 nitrogen and oxygen atoms in total. The van der Waals surface area contributed by atoms with Crippen LogP contribution in [0.5, 0.6) is 0 Å². The Morgan fingerprint density at radius 3 is 3.00 bits per heavy atom. The van der Waals surface area contributed by atoms with Gasteiger partial charge in [-0.3, -0.25) is 4.79 Å². The molecule has 0 aliphatic heterocycles. The van der Waals surface area contributed by atoms with E-state index < -0.39 is 0 Å². The Balaban J connectivity index is 2.42. The summed E-state index contributed by atoms with van der Waals surface area (Å²) in [6.07, 6.45) is 1.53. The second-order valence-electron chi connectivity index (χ2n) is 3.38. The summed E-state index contributed by atoms with van der Waals surface area (Å²) in [5.74, 6) is -0.0281. The average Bonchev–Trinajstić information content (AvgIpc) is 2.61. The number of aliphatic hydroxyl groups is 1. The number of thiophene rings is 1. The Morgan fingerprint density at radius 1 is 1.73 bits per heavy atom. The van der Waals surface area contributed by atoms with Crippen LogP contribution in [-0.2, 0) is 0 Å². The molecular weight excluding hydrogens is 325 g/mol. The molecule has 1 aromatic heterocycles. The highest BCUT2D eigenvalue weighted by Crippen LogP contribution is 2.16. The van der Waals surface area contributed by atoms with E-state index in [1.807, 2.05) is 18.4 Å². The van der Waals surface area contributed by atoms with Crippen LogP contribution in [0.1, 0.15) is 30.1 Å². The van der Waals surface area contributed by atoms with E-state index in [2.05, 4.69) is 27.9 Å². The first-order chi connectivity index (χ1) is 7.13. The fourth-order valence-electron chi connectivity index (χ4n) is 1.21. The third-order valence-electron chi connectivity index (χ3n) is 2.00. The number of hydrogen-bond donors (Lipinski definition) is 2. The van der Waals surface area contributed by atoms with Crippen LogP contribution in [0.4, 0.5) is 0 Å². The molecular formula is C10H14INO2S. The van der Waals surface area contributed by atoms with Gasteiger partial charge in [0.15, 0.2) is 0 Å². The largest absolute Gasteiger partial charge is 0.396 e. The van der Waals surface area contributed by atoms with Crippen LogP contribution < -0.4 is 5.32 Å². The maximum absolute atomic E-state index is 11.7. The van der Waals surface area contributed by atoms with E-state index >= 15 is 0 Å². The molecule has 0 saturated carbocycles. The van der Waals surface area contributed by atoms with Crippen molar-refractivity contribution in [1.82, 2.24) is 5.32 Å². The fourth-order valence-corrected chi connectivity index (χ4v) is 2.53. The number of hydrogen-bond acceptors (Lipinski definition) is 3. The number of nitrogens with one attached hydrogen (secondary N) is 1. The Hall–Kier alpha value is -0.140. The average molecular weight is 339 g/mol. The van der Waals surface area contributed by atoms with E-state index in [1.165, 1.54) is 0 Å². The summed E-state index contributed by atoms with van der Waals surface area (Å²) in [6.45, 7) is 2.13. The van der Waals surface area contributed by atoms with Crippen molar-refractivity contribution < 1.29 is 9.90 Å². The van der Waals surface area contributed by atoms with Gasteiger partial charge in [0.25, 0.3) is 5.91 Å². The first-order valence-corrected chi connectivity index (χ1v) is 6.75. The lowest BCUT2D eigenvalue weighted by molar-refractivity contribution is 0.0937. The highest BCUT2D eigenvalue weighted by molar-refractivity contribution is 14.1. The normalized spacial score (nSPS) is 12.5. The van der Waals surface area contributed by atoms with Gasteiger partial charge >= 0.3 is 0 Å². The number of carbonyl (C=O) groups excluding carboxylic acids is 1. The van der Waals surface area contributed by atoms with E-state index in [0.29, 0.717) is 0 Å². The minimum Gasteiger partial charge on any atom is -0.396 e. The maximum Gasteiger partial charge on any atom is 0.252 e. The first-order valence-electron chi connectivity index (χ1n) is 4.79. The molecule has 0 aliphatic carbocycles. The van der Waals surface area contributed by atoms with Gasteiger partial charge in [0, 0.05) is 18.0 Å². The molecule has 1 heterocycles. The second-order valence-corrected chi connectivity index (χ2v) is 6.19. The summed E-state index contributed by atoms with van der Waals surface area (Å²) in [5, 5.41) is 13.4. The van der Waals surface area contributed by atoms with Crippen LogP contribution in [0.3, 0.4) is 0 Å². The SMILES string of the molecule is CC(CCCO)NC(=O)c1csc(I)c1. The number of rotatable bonds is 5. The third-order valence-corrected chi connectivity index (χ3v) is 3.79. The molecule has 5 heteroatoms. The molecule has 0 spiro atoms. The molecule has 1 rings (SSSR count). The Morgan fingerprint density at radius 2 is 2.47 bits per heavy atom. The number of aliphatic hydroxyl groups excluding tert-OH is 1. The van der Waals surface area contributed by atoms with Crippen LogP contribution in [0, 0.1) is 2.88 Å². The summed E-state index contributed by atoms with van der Waals surface area (Å²) in [7, 11) is 0. The van der Waals surface area contributed by atoms with Gasteiger partial charge in [-0.1, -0.05) is 0 Å². The minimum absolute atomic E-state index is 0.0281. The van der Waals surface area contributed by atoms with Gasteiger partial charge in [0.2, 0.25) is 0 Å². The van der Waals surface area contributed by atoms with Crippen molar-refractivity contribution in [1.29, 1.82) is 0 Å². The molecule has 1 atom stereocenters. The van der Waals surface area contributed by atoms with Gasteiger partial charge in [-0.05, 0) is 48.4 Å². The van der Waals surface area contributed by atoms with Gasteiger partial charge in [-0.25, -0.2) is 0 Å². The molecule has 1 unspecified atom stereocenters. The van der Waals surface area contributed by atoms with Crippen molar-refractivity contribution in [2.75, 3.05) is 6.61 Å². The van der Waals surface area contributed by atoms with Crippen LogP contribution >= 0.6 is 33.9 Å². The molecule has 2 N–H and O–H groups in total. The molecule has 1 aromatic rings. The van der Waals surface area contributed by atoms with E-state index in [1.54, 1.807) is 11.3 Å². The van der Waals surface area contributed by atoms with Crippen molar-refractivity contribution in [3.05, 3.63) is 19.9 Å². The van der Waals surface area contributed by atoms with Crippen molar-refractivity contribution in [2.24, 2.45) is 0 Å². The highest BCUT2D eigenvalue weighted by Gasteiger charge is 2.10. The molecule has 0 aromatic carbocycles. The first kappa shape index (κ1) is 12.9. The lowest BCUT2D eigenvalue weighted by Gasteiger charge is -2.12. The molecule has 0 bridgehead atoms. The van der Waals surface area contributed by atoms with Crippen molar-refractivity contribution >= 4 is 39.8 Å². The predicted octanol–water partition coefficient (Wildman–Crippen LogP) is 2.24. The summed E-state index contributed by atoms with van der Waals surface area (Å²) < 4.78 is 1.11. The summed E-state index contributed by atoms with van der Waals surface area (Å²) in [4.78, 5) is 11.7. The van der Waals surface area contributed by atoms with E-state index in [4.69, 9.17) is 5.11 Å². The lowest BCUT2D eigenvalue weighted by atomic mass is 10.2. The zero-order valence-corrected chi connectivity index (χ0v) is 11.5. The van der Waals surface area contributed by atoms with Gasteiger partial charge in [-0.2, -0.15) is 0 Å². The molecule has 0 radical (unpaired) electrons. The smallest absolute Gasteiger partial charge is 0.252 e. The Bertz CT molecular complexity index is 327. The Kier molecular flexibility index (Phi) is 5.55. The third kappa shape index (κ3) is 4.48. The fraction of sp³-hybridized carbons (Fsp3) is 0.500. The molecule has 0 aliphatic rings. The topological polar surface area (TPSA) is 49.3 Å². The zero-order chi connectivity index (χ0) is 11.3. The van der Waals surface area contributed by atoms with Crippen LogP contribution in [-0.4, -0.2) is 23.7 Å². The second kappa shape index (κ2) is 6.44. The van der Waals surface area contributed by atoms with Gasteiger partial charge < -0.3 is 10.4 Å². The van der Waals surface area contributed by atoms with E-state index in [-0.39, 0.29) is 18.6 Å². The van der Waals surface area contributed by atoms with Gasteiger partial charge in [0.05, 0.1) is 8.45 Å². The molecule has 0 saturated heterocycles. The predicted molar refractivity (Wildman–Crippen MR) is 70.3 cm³/mol. The number of halogens is 1. The van der Waals surface area contributed by atoms with Crippen LogP contribution in [0.15, 0.2) is 11.4 Å². The summed E-state index contributed by atoms with van der Waals surface area (Å²) in [6, 6.07) is 1.99. The van der Waals surface area contributed by atoms with Crippen molar-refractivity contribution in [3.63, 3.8) is 0 Å². The molecule has 0 fully saturated rings. The van der Waals surface area contributed by atoms with E-state index in [9.17, 15) is 4.79 Å². The van der Waals surface area contributed by atoms with Gasteiger partial charge in [-0.15, -0.1) is 11.3 Å². The zero-order valence-electron chi connectivity index (χ0n) is 8.50. The number of amides is 1. The Labute approximate surface area is 107 Å². The van der Waals surface area contributed by atoms with Crippen LogP contribution in [0.2, 0.25) is 0 Å².